The van der Waals surface area contributed by atoms with Crippen molar-refractivity contribution in [2.45, 2.75) is 6.92 Å². The quantitative estimate of drug-likeness (QED) is 0.162. The fourth-order valence-electron chi connectivity index (χ4n) is 5.75. The third-order valence-electron chi connectivity index (χ3n) is 8.15. The van der Waals surface area contributed by atoms with E-state index in [0.717, 1.165) is 0 Å². The molecule has 0 amide bonds. The third kappa shape index (κ3) is 11.9. The van der Waals surface area contributed by atoms with Gasteiger partial charge in [-0.1, -0.05) is 55.5 Å². The summed E-state index contributed by atoms with van der Waals surface area (Å²) in [5.74, 6) is 2.40. The number of ether oxygens (including phenoxy) is 8. The predicted octanol–water partition coefficient (Wildman–Crippen LogP) is 6.67. The number of anilines is 4. The van der Waals surface area contributed by atoms with E-state index in [-0.39, 0.29) is 12.1 Å². The van der Waals surface area contributed by atoms with Crippen LogP contribution in [-0.4, -0.2) is 91.3 Å². The zero-order valence-corrected chi connectivity index (χ0v) is 34.8. The molecule has 2 aliphatic rings. The van der Waals surface area contributed by atoms with Gasteiger partial charge in [0.15, 0.2) is 6.49 Å². The Morgan fingerprint density at radius 1 is 0.500 bits per heavy atom. The highest BCUT2D eigenvalue weighted by molar-refractivity contribution is 8.26. The van der Waals surface area contributed by atoms with Crippen LogP contribution in [0.5, 0.6) is 23.0 Å². The van der Waals surface area contributed by atoms with Gasteiger partial charge in [-0.3, -0.25) is 9.53 Å². The van der Waals surface area contributed by atoms with E-state index in [9.17, 15) is 0 Å². The highest BCUT2D eigenvalue weighted by atomic mass is 32.5. The molecule has 0 saturated carbocycles. The fourth-order valence-corrected chi connectivity index (χ4v) is 15.4. The Morgan fingerprint density at radius 3 is 1.27 bits per heavy atom. The first-order chi connectivity index (χ1) is 27.0. The molecule has 6 N–H and O–H groups in total. The molecule has 0 saturated heterocycles. The highest BCUT2D eigenvalue weighted by Gasteiger charge is 2.41. The molecule has 18 heteroatoms. The molecule has 2 aliphatic heterocycles. The summed E-state index contributed by atoms with van der Waals surface area (Å²) in [5, 5.41) is 14.9. The lowest BCUT2D eigenvalue weighted by Crippen LogP contribution is -2.34. The first-order valence-corrected chi connectivity index (χ1v) is 23.8. The molecule has 0 fully saturated rings. The van der Waals surface area contributed by atoms with Gasteiger partial charge in [0, 0.05) is 0 Å². The van der Waals surface area contributed by atoms with Crippen molar-refractivity contribution in [2.75, 3.05) is 106 Å². The first-order valence-electron chi connectivity index (χ1n) is 18.3. The normalized spacial score (nSPS) is 20.1. The van der Waals surface area contributed by atoms with Gasteiger partial charge in [-0.25, -0.2) is 0 Å². The van der Waals surface area contributed by atoms with Crippen molar-refractivity contribution >= 4 is 59.3 Å². The van der Waals surface area contributed by atoms with Crippen LogP contribution in [0.3, 0.4) is 0 Å². The summed E-state index contributed by atoms with van der Waals surface area (Å²) in [6.07, 6.45) is 0. The van der Waals surface area contributed by atoms with Crippen molar-refractivity contribution < 1.29 is 43.4 Å². The minimum absolute atomic E-state index is 0. The Bertz CT molecular complexity index is 1850. The van der Waals surface area contributed by atoms with Crippen LogP contribution in [0.4, 0.5) is 22.7 Å². The van der Waals surface area contributed by atoms with E-state index in [1.807, 2.05) is 104 Å². The second kappa shape index (κ2) is 22.3. The molecule has 0 spiro atoms. The Kier molecular flexibility index (Phi) is 17.3. The monoisotopic (exact) mass is 847 g/mol. The van der Waals surface area contributed by atoms with Crippen LogP contribution in [0.15, 0.2) is 97.1 Å². The topological polar surface area (TPSA) is 157 Å². The molecule has 0 aromatic heterocycles. The number of para-hydroxylation sites is 8. The second-order valence-electron chi connectivity index (χ2n) is 12.1. The van der Waals surface area contributed by atoms with Crippen molar-refractivity contribution in [3.63, 3.8) is 0 Å². The lowest BCUT2D eigenvalue weighted by atomic mass is 10.3. The summed E-state index contributed by atoms with van der Waals surface area (Å²) in [4.78, 5) is 0. The molecule has 0 radical (unpaired) electrons. The third-order valence-corrected chi connectivity index (χ3v) is 16.5. The first kappa shape index (κ1) is 43.5. The summed E-state index contributed by atoms with van der Waals surface area (Å²) in [6.45, 7) is 0.417. The second-order valence-corrected chi connectivity index (χ2v) is 19.7. The molecule has 4 aromatic rings. The van der Waals surface area contributed by atoms with E-state index in [4.69, 9.17) is 61.5 Å². The maximum Gasteiger partial charge on any atom is 0.220 e. The van der Waals surface area contributed by atoms with Crippen molar-refractivity contribution in [2.24, 2.45) is 0 Å². The molecule has 1 atom stereocenters. The van der Waals surface area contributed by atoms with Crippen LogP contribution in [0.2, 0.25) is 0 Å². The van der Waals surface area contributed by atoms with Gasteiger partial charge in [0.2, 0.25) is 6.49 Å². The molecule has 0 unspecified atom stereocenters. The smallest absolute Gasteiger partial charge is 0.220 e. The predicted molar refractivity (Wildman–Crippen MR) is 230 cm³/mol. The SMILES string of the molecule is CCN[P@@]1(=S)Nc2ccccc2OCCOCCOCCOc2ccccc2N1P1(=S)Nc2ccccc2OCCOCCOCCOc2ccccc2N1.O. The van der Waals surface area contributed by atoms with Crippen molar-refractivity contribution in [1.82, 2.24) is 5.09 Å². The Morgan fingerprint density at radius 2 is 0.839 bits per heavy atom. The van der Waals surface area contributed by atoms with E-state index in [1.165, 1.54) is 0 Å². The lowest BCUT2D eigenvalue weighted by molar-refractivity contribution is 0.0275. The Labute approximate surface area is 339 Å². The molecule has 14 nitrogen and oxygen atoms in total. The molecular weight excluding hydrogens is 797 g/mol. The van der Waals surface area contributed by atoms with Gasteiger partial charge in [-0.05, 0) is 78.7 Å². The minimum atomic E-state index is -3.41. The zero-order chi connectivity index (χ0) is 38.2. The molecule has 6 rings (SSSR count). The van der Waals surface area contributed by atoms with Crippen molar-refractivity contribution in [3.05, 3.63) is 97.1 Å². The van der Waals surface area contributed by atoms with Gasteiger partial charge in [0.1, 0.15) is 49.4 Å². The average molecular weight is 848 g/mol. The van der Waals surface area contributed by atoms with Gasteiger partial charge < -0.3 is 58.6 Å². The highest BCUT2D eigenvalue weighted by Crippen LogP contribution is 2.68. The van der Waals surface area contributed by atoms with Crippen LogP contribution < -0.4 is 43.7 Å². The number of nitrogens with zero attached hydrogens (tertiary/aromatic N) is 1. The number of fused-ring (bicyclic) bond motifs is 4. The molecule has 56 heavy (non-hydrogen) atoms. The summed E-state index contributed by atoms with van der Waals surface area (Å²) in [7, 11) is 0. The number of nitrogens with one attached hydrogen (secondary N) is 4. The van der Waals surface area contributed by atoms with E-state index >= 15 is 0 Å². The Balaban J connectivity index is 0.00000600. The molecule has 2 heterocycles. The van der Waals surface area contributed by atoms with Crippen LogP contribution in [0.25, 0.3) is 0 Å². The van der Waals surface area contributed by atoms with Gasteiger partial charge in [-0.2, -0.15) is 0 Å². The van der Waals surface area contributed by atoms with Gasteiger partial charge in [-0.15, -0.1) is 0 Å². The van der Waals surface area contributed by atoms with Crippen LogP contribution in [0.1, 0.15) is 6.92 Å². The molecule has 4 aromatic carbocycles. The standard InChI is InChI=1S/C38H49N5O8P2S2.H2O/c1-2-39-52(54)40-31-11-3-7-15-35(31)48-27-23-46-21-22-47-26-30-51-38-18-10-6-14-34(38)43(52)53(55)41-32-12-4-8-16-36(32)49-28-24-44-19-20-45-25-29-50-37-17-9-5-13-33(37)42-53;/h3-18H,2,19-30H2,1H3,(H2,39,40,54)(H2,41,42,55);1H2/t52-;/m1./s1. The minimum Gasteiger partial charge on any atom is -0.489 e. The fraction of sp³-hybridized carbons (Fsp3) is 0.368. The summed E-state index contributed by atoms with van der Waals surface area (Å²) in [5.41, 5.74) is 2.70. The van der Waals surface area contributed by atoms with Gasteiger partial charge in [0.25, 0.3) is 0 Å². The van der Waals surface area contributed by atoms with Crippen LogP contribution in [0, 0.1) is 0 Å². The summed E-state index contributed by atoms with van der Waals surface area (Å²) in [6, 6.07) is 30.9. The van der Waals surface area contributed by atoms with Crippen LogP contribution in [-0.2, 0) is 42.6 Å². The van der Waals surface area contributed by atoms with E-state index in [1.54, 1.807) is 0 Å². The molecule has 0 aliphatic carbocycles. The van der Waals surface area contributed by atoms with Gasteiger partial charge >= 0.3 is 0 Å². The average Bonchev–Trinajstić information content (AvgIpc) is 3.18. The zero-order valence-electron chi connectivity index (χ0n) is 31.4. The largest absolute Gasteiger partial charge is 0.489 e. The number of hydrogen-bond donors (Lipinski definition) is 4. The Hall–Kier alpha value is -3.66. The molecular formula is C38H51N5O9P2S2. The number of hydrogen-bond acceptors (Lipinski definition) is 10. The summed E-state index contributed by atoms with van der Waals surface area (Å²) < 4.78 is 50.6. The molecule has 304 valence electrons. The van der Waals surface area contributed by atoms with E-state index in [2.05, 4.69) is 24.8 Å². The van der Waals surface area contributed by atoms with E-state index in [0.29, 0.717) is 125 Å². The maximum absolute atomic E-state index is 6.98. The summed E-state index contributed by atoms with van der Waals surface area (Å²) >= 11 is 13.8. The van der Waals surface area contributed by atoms with E-state index < -0.39 is 13.0 Å². The number of rotatable bonds is 3. The van der Waals surface area contributed by atoms with Crippen molar-refractivity contribution in [1.29, 1.82) is 0 Å². The van der Waals surface area contributed by atoms with Crippen LogP contribution >= 0.6 is 13.0 Å². The lowest BCUT2D eigenvalue weighted by Gasteiger charge is -2.45. The maximum atomic E-state index is 6.98. The number of benzene rings is 4. The molecule has 0 bridgehead atoms. The van der Waals surface area contributed by atoms with Gasteiger partial charge in [0.05, 0.1) is 75.6 Å². The van der Waals surface area contributed by atoms with Crippen molar-refractivity contribution in [3.8, 4) is 23.0 Å².